The molecule has 0 aromatic heterocycles. The lowest BCUT2D eigenvalue weighted by Crippen LogP contribution is -2.58. The van der Waals surface area contributed by atoms with Crippen LogP contribution in [0, 0.1) is 29.4 Å². The molecule has 0 saturated carbocycles. The Morgan fingerprint density at radius 1 is 0.537 bits per heavy atom. The van der Waals surface area contributed by atoms with Gasteiger partial charge in [-0.15, -0.1) is 0 Å². The summed E-state index contributed by atoms with van der Waals surface area (Å²) in [7, 11) is -18.3. The van der Waals surface area contributed by atoms with E-state index in [9.17, 15) is 100 Å². The fourth-order valence-electron chi connectivity index (χ4n) is 2.80. The van der Waals surface area contributed by atoms with Crippen molar-refractivity contribution < 1.29 is 100 Å². The lowest BCUT2D eigenvalue weighted by Gasteiger charge is -2.35. The minimum absolute atomic E-state index is 2.91. The Kier molecular flexibility index (Phi) is 7.81. The summed E-state index contributed by atoms with van der Waals surface area (Å²) in [5.41, 5.74) is -10.3. The highest BCUT2D eigenvalue weighted by molar-refractivity contribution is 8.15. The number of halogens is 19. The van der Waals surface area contributed by atoms with Crippen molar-refractivity contribution in [2.45, 2.75) is 28.8 Å². The van der Waals surface area contributed by atoms with Crippen LogP contribution in [0.2, 0.25) is 0 Å². The van der Waals surface area contributed by atoms with Crippen molar-refractivity contribution in [1.29, 1.82) is 0 Å². The van der Waals surface area contributed by atoms with E-state index in [1.165, 1.54) is 0 Å². The van der Waals surface area contributed by atoms with Crippen molar-refractivity contribution in [3.63, 3.8) is 0 Å². The predicted octanol–water partition coefficient (Wildman–Crippen LogP) is 6.70. The van der Waals surface area contributed by atoms with Gasteiger partial charge in [-0.2, -0.15) is 52.7 Å². The number of rotatable bonds is 5. The molecule has 4 nitrogen and oxygen atoms in total. The van der Waals surface area contributed by atoms with Crippen molar-refractivity contribution in [2.75, 3.05) is 0 Å². The first-order chi connectivity index (χ1) is 17.9. The molecule has 2 rings (SSSR count). The SMILES string of the molecule is O=S(=O)(/C(=C1\C(F)=C(F)c2c(F)c(F)c(F)c(F)c2[C-]1F)S(=O)(=O)C(F)(F)C(F)(F)C(F)(F)F)C(F)(F)C(F)(F)F. The van der Waals surface area contributed by atoms with E-state index in [2.05, 4.69) is 0 Å². The van der Waals surface area contributed by atoms with E-state index in [-0.39, 0.29) is 0 Å². The smallest absolute Gasteiger partial charge is 0.254 e. The number of hydrogen-bond acceptors (Lipinski definition) is 4. The zero-order chi connectivity index (χ0) is 32.9. The first-order valence-corrected chi connectivity index (χ1v) is 11.8. The third kappa shape index (κ3) is 4.40. The highest BCUT2D eigenvalue weighted by atomic mass is 32.3. The molecule has 0 fully saturated rings. The van der Waals surface area contributed by atoms with E-state index in [4.69, 9.17) is 0 Å². The second-order valence-corrected chi connectivity index (χ2v) is 11.3. The zero-order valence-corrected chi connectivity index (χ0v) is 19.3. The first kappa shape index (κ1) is 34.3. The van der Waals surface area contributed by atoms with Gasteiger partial charge in [-0.25, -0.2) is 38.8 Å². The van der Waals surface area contributed by atoms with Crippen LogP contribution >= 0.6 is 0 Å². The largest absolute Gasteiger partial charge is 0.469 e. The molecular weight excluding hydrogens is 681 g/mol. The molecule has 0 heterocycles. The molecule has 0 bridgehead atoms. The molecule has 0 saturated heterocycles. The van der Waals surface area contributed by atoms with Crippen molar-refractivity contribution in [3.05, 3.63) is 56.2 Å². The minimum atomic E-state index is -9.25. The fraction of sp³-hybridized carbons (Fsp3) is 0.312. The maximum atomic E-state index is 14.9. The second-order valence-electron chi connectivity index (χ2n) is 7.22. The van der Waals surface area contributed by atoms with Crippen LogP contribution in [-0.4, -0.2) is 45.6 Å². The molecule has 0 N–H and O–H groups in total. The lowest BCUT2D eigenvalue weighted by atomic mass is 9.89. The summed E-state index contributed by atoms with van der Waals surface area (Å²) in [6.45, 7) is 0. The summed E-state index contributed by atoms with van der Waals surface area (Å²) in [5.74, 6) is -29.2. The number of sulfone groups is 2. The molecule has 25 heteroatoms. The summed E-state index contributed by atoms with van der Waals surface area (Å²) >= 11 is 0. The maximum Gasteiger partial charge on any atom is 0.469 e. The Labute approximate surface area is 211 Å². The molecule has 0 amide bonds. The first-order valence-electron chi connectivity index (χ1n) is 8.82. The van der Waals surface area contributed by atoms with Crippen LogP contribution in [-0.2, 0) is 19.7 Å². The molecule has 41 heavy (non-hydrogen) atoms. The Hall–Kier alpha value is -2.86. The van der Waals surface area contributed by atoms with Gasteiger partial charge >= 0.3 is 28.8 Å². The highest BCUT2D eigenvalue weighted by Gasteiger charge is 2.80. The van der Waals surface area contributed by atoms with Gasteiger partial charge < -0.3 is 0 Å². The van der Waals surface area contributed by atoms with E-state index < -0.39 is 110 Å². The molecule has 234 valence electrons. The van der Waals surface area contributed by atoms with Crippen LogP contribution in [0.15, 0.2) is 15.6 Å². The van der Waals surface area contributed by atoms with Crippen molar-refractivity contribution in [1.82, 2.24) is 0 Å². The average Bonchev–Trinajstić information content (AvgIpc) is 2.78. The van der Waals surface area contributed by atoms with Crippen LogP contribution in [0.25, 0.3) is 5.83 Å². The molecule has 0 atom stereocenters. The van der Waals surface area contributed by atoms with Crippen LogP contribution < -0.4 is 0 Å². The third-order valence-corrected chi connectivity index (χ3v) is 9.30. The Morgan fingerprint density at radius 2 is 0.927 bits per heavy atom. The second kappa shape index (κ2) is 9.32. The topological polar surface area (TPSA) is 68.3 Å². The quantitative estimate of drug-likeness (QED) is 0.150. The average molecular weight is 681 g/mol. The molecule has 1 aromatic carbocycles. The van der Waals surface area contributed by atoms with Crippen molar-refractivity contribution in [2.24, 2.45) is 0 Å². The van der Waals surface area contributed by atoms with Gasteiger partial charge in [0.25, 0.3) is 0 Å². The van der Waals surface area contributed by atoms with Gasteiger partial charge in [0.05, 0.1) is 12.0 Å². The normalized spacial score (nSPS) is 17.7. The monoisotopic (exact) mass is 681 g/mol. The van der Waals surface area contributed by atoms with E-state index in [1.54, 1.807) is 0 Å². The number of allylic oxidation sites excluding steroid dienone is 2. The van der Waals surface area contributed by atoms with Gasteiger partial charge in [-0.3, -0.25) is 8.78 Å². The summed E-state index contributed by atoms with van der Waals surface area (Å²) in [4.78, 5) is 0. The van der Waals surface area contributed by atoms with Crippen molar-refractivity contribution in [3.8, 4) is 0 Å². The Bertz CT molecular complexity index is 1580. The summed E-state index contributed by atoms with van der Waals surface area (Å²) in [6, 6.07) is 0. The van der Waals surface area contributed by atoms with Crippen molar-refractivity contribution >= 4 is 25.5 Å². The number of hydrogen-bond donors (Lipinski definition) is 0. The molecule has 1 aliphatic rings. The van der Waals surface area contributed by atoms with Gasteiger partial charge in [-0.05, 0) is 16.7 Å². The van der Waals surface area contributed by atoms with Crippen LogP contribution in [0.4, 0.5) is 83.4 Å². The van der Waals surface area contributed by atoms with E-state index >= 15 is 0 Å². The maximum absolute atomic E-state index is 14.9. The number of fused-ring (bicyclic) bond motifs is 1. The minimum Gasteiger partial charge on any atom is -0.254 e. The highest BCUT2D eigenvalue weighted by Crippen LogP contribution is 2.57. The molecule has 1 aromatic rings. The molecule has 1 aliphatic carbocycles. The fourth-order valence-corrected chi connectivity index (χ4v) is 6.70. The third-order valence-electron chi connectivity index (χ3n) is 4.76. The standard InChI is InChI=1S/C16F19O4S2/c17-4-1-2(7(20)10(23)9(22)6(1)19)5(18)8(21)3(4)11(41(38,39)16(34,35)14(29,30)31)40(36,37)15(32,33)12(24,25)13(26,27)28/q-1/b11-3-. The van der Waals surface area contributed by atoms with Crippen LogP contribution in [0.3, 0.4) is 0 Å². The van der Waals surface area contributed by atoms with Gasteiger partial charge in [0.1, 0.15) is 21.7 Å². The van der Waals surface area contributed by atoms with Gasteiger partial charge in [0.15, 0.2) is 11.6 Å². The van der Waals surface area contributed by atoms with Gasteiger partial charge in [0.2, 0.25) is 19.7 Å². The Morgan fingerprint density at radius 3 is 1.32 bits per heavy atom. The zero-order valence-electron chi connectivity index (χ0n) is 17.6. The molecule has 0 aliphatic heterocycles. The van der Waals surface area contributed by atoms with Crippen LogP contribution in [0.5, 0.6) is 0 Å². The molecule has 0 radical (unpaired) electrons. The van der Waals surface area contributed by atoms with E-state index in [1.807, 2.05) is 0 Å². The van der Waals surface area contributed by atoms with Gasteiger partial charge in [0, 0.05) is 0 Å². The molecular formula is C16F19O4S2-. The van der Waals surface area contributed by atoms with E-state index in [0.717, 1.165) is 0 Å². The predicted molar refractivity (Wildman–Crippen MR) is 90.7 cm³/mol. The van der Waals surface area contributed by atoms with Crippen LogP contribution in [0.1, 0.15) is 11.1 Å². The van der Waals surface area contributed by atoms with Gasteiger partial charge in [-0.1, -0.05) is 0 Å². The van der Waals surface area contributed by atoms with E-state index in [0.29, 0.717) is 0 Å². The summed E-state index contributed by atoms with van der Waals surface area (Å²) < 4.78 is 300. The number of alkyl halides is 12. The lowest BCUT2D eigenvalue weighted by molar-refractivity contribution is -0.331. The molecule has 0 spiro atoms. The summed E-state index contributed by atoms with van der Waals surface area (Å²) in [6.07, 6.45) is -19.7. The molecule has 0 unspecified atom stereocenters. The summed E-state index contributed by atoms with van der Waals surface area (Å²) in [5, 5.41) is -16.3. The number of benzene rings is 1. The Balaban J connectivity index is 3.39.